The van der Waals surface area contributed by atoms with E-state index in [1.54, 1.807) is 24.3 Å². The highest BCUT2D eigenvalue weighted by molar-refractivity contribution is 8.00. The maximum absolute atomic E-state index is 12.1. The Morgan fingerprint density at radius 3 is 2.36 bits per heavy atom. The zero-order valence-electron chi connectivity index (χ0n) is 7.11. The molecule has 0 aliphatic rings. The average Bonchev–Trinajstić information content (AvgIpc) is 2.06. The zero-order chi connectivity index (χ0) is 10.6. The topological polar surface area (TPSA) is 34.1 Å². The molecule has 0 bridgehead atoms. The molecule has 1 aromatic rings. The van der Waals surface area contributed by atoms with E-state index < -0.39 is 16.0 Å². The molecule has 1 rings (SSSR count). The molecule has 14 heavy (non-hydrogen) atoms. The van der Waals surface area contributed by atoms with Crippen LogP contribution in [0.1, 0.15) is 0 Å². The summed E-state index contributed by atoms with van der Waals surface area (Å²) in [6, 6.07) is 6.93. The minimum atomic E-state index is -4.35. The van der Waals surface area contributed by atoms with Gasteiger partial charge in [-0.25, -0.2) is 0 Å². The van der Waals surface area contributed by atoms with Crippen LogP contribution in [0.15, 0.2) is 29.2 Å². The Labute approximate surface area is 91.7 Å². The van der Waals surface area contributed by atoms with E-state index in [1.807, 2.05) is 0 Å². The molecule has 0 aromatic heterocycles. The highest BCUT2D eigenvalue weighted by Crippen LogP contribution is 2.20. The van der Waals surface area contributed by atoms with Crippen molar-refractivity contribution in [1.29, 1.82) is 0 Å². The third-order valence-electron chi connectivity index (χ3n) is 1.41. The third kappa shape index (κ3) is 4.83. The Morgan fingerprint density at radius 2 is 1.86 bits per heavy atom. The summed E-state index contributed by atoms with van der Waals surface area (Å²) in [4.78, 5) is 0.873. The van der Waals surface area contributed by atoms with Crippen molar-refractivity contribution in [3.8, 4) is 0 Å². The lowest BCUT2D eigenvalue weighted by atomic mass is 10.4. The maximum atomic E-state index is 12.1. The van der Waals surface area contributed by atoms with Crippen molar-refractivity contribution in [2.45, 2.75) is 4.90 Å². The lowest BCUT2D eigenvalue weighted by molar-refractivity contribution is 0.554. The summed E-state index contributed by atoms with van der Waals surface area (Å²) in [5, 5.41) is 0.618. The van der Waals surface area contributed by atoms with Crippen LogP contribution in [0, 0.1) is 0 Å². The summed E-state index contributed by atoms with van der Waals surface area (Å²) >= 11 is 6.93. The maximum Gasteiger partial charge on any atom is 0.303 e. The second-order valence-corrected chi connectivity index (χ2v) is 5.64. The van der Waals surface area contributed by atoms with Gasteiger partial charge in [-0.2, -0.15) is 8.42 Å². The van der Waals surface area contributed by atoms with Crippen molar-refractivity contribution in [2.24, 2.45) is 0 Å². The van der Waals surface area contributed by atoms with Gasteiger partial charge in [0, 0.05) is 15.7 Å². The number of halogens is 2. The van der Waals surface area contributed by atoms with Crippen LogP contribution >= 0.6 is 23.4 Å². The number of benzene rings is 1. The Balaban J connectivity index is 2.43. The predicted octanol–water partition coefficient (Wildman–Crippen LogP) is 2.73. The average molecular weight is 255 g/mol. The van der Waals surface area contributed by atoms with Gasteiger partial charge in [0.25, 0.3) is 0 Å². The lowest BCUT2D eigenvalue weighted by Gasteiger charge is -1.99. The molecule has 0 saturated heterocycles. The van der Waals surface area contributed by atoms with Gasteiger partial charge >= 0.3 is 10.2 Å². The molecule has 78 valence electrons. The van der Waals surface area contributed by atoms with Gasteiger partial charge in [-0.15, -0.1) is 15.6 Å². The molecule has 0 unspecified atom stereocenters. The Hall–Kier alpha value is -0.260. The van der Waals surface area contributed by atoms with Gasteiger partial charge in [-0.3, -0.25) is 0 Å². The SMILES string of the molecule is O=S(=O)(F)CCSc1ccc(Cl)cc1. The second kappa shape index (κ2) is 5.00. The molecule has 2 nitrogen and oxygen atoms in total. The minimum Gasteiger partial charge on any atom is -0.195 e. The van der Waals surface area contributed by atoms with Crippen molar-refractivity contribution in [3.05, 3.63) is 29.3 Å². The first kappa shape index (κ1) is 11.8. The second-order valence-electron chi connectivity index (χ2n) is 2.55. The zero-order valence-corrected chi connectivity index (χ0v) is 9.50. The molecule has 0 atom stereocenters. The Bertz CT molecular complexity index is 388. The molecule has 0 saturated carbocycles. The highest BCUT2D eigenvalue weighted by atomic mass is 35.5. The van der Waals surface area contributed by atoms with Gasteiger partial charge in [0.1, 0.15) is 0 Å². The van der Waals surface area contributed by atoms with E-state index in [9.17, 15) is 12.3 Å². The van der Waals surface area contributed by atoms with Gasteiger partial charge in [0.15, 0.2) is 0 Å². The molecular formula is C8H8ClFO2S2. The fourth-order valence-electron chi connectivity index (χ4n) is 0.790. The molecule has 6 heteroatoms. The van der Waals surface area contributed by atoms with Gasteiger partial charge in [0.2, 0.25) is 0 Å². The van der Waals surface area contributed by atoms with Crippen molar-refractivity contribution in [2.75, 3.05) is 11.5 Å². The number of hydrogen-bond acceptors (Lipinski definition) is 3. The molecule has 0 fully saturated rings. The normalized spacial score (nSPS) is 11.6. The fourth-order valence-corrected chi connectivity index (χ4v) is 2.61. The van der Waals surface area contributed by atoms with E-state index in [0.717, 1.165) is 4.90 Å². The van der Waals surface area contributed by atoms with E-state index in [2.05, 4.69) is 0 Å². The van der Waals surface area contributed by atoms with Gasteiger partial charge in [-0.1, -0.05) is 11.6 Å². The first-order valence-corrected chi connectivity index (χ1v) is 6.70. The van der Waals surface area contributed by atoms with Crippen molar-refractivity contribution >= 4 is 33.6 Å². The summed E-state index contributed by atoms with van der Waals surface area (Å²) < 4.78 is 32.4. The van der Waals surface area contributed by atoms with E-state index in [1.165, 1.54) is 11.8 Å². The summed E-state index contributed by atoms with van der Waals surface area (Å²) in [6.45, 7) is 0. The van der Waals surface area contributed by atoms with Crippen molar-refractivity contribution in [1.82, 2.24) is 0 Å². The Kier molecular flexibility index (Phi) is 4.22. The molecule has 0 radical (unpaired) electrons. The van der Waals surface area contributed by atoms with Crippen molar-refractivity contribution in [3.63, 3.8) is 0 Å². The molecule has 0 amide bonds. The lowest BCUT2D eigenvalue weighted by Crippen LogP contribution is -2.00. The van der Waals surface area contributed by atoms with Crippen LogP contribution in [0.25, 0.3) is 0 Å². The molecule has 0 aliphatic carbocycles. The largest absolute Gasteiger partial charge is 0.303 e. The van der Waals surface area contributed by atoms with Crippen LogP contribution in [-0.4, -0.2) is 19.9 Å². The summed E-state index contributed by atoms with van der Waals surface area (Å²) in [7, 11) is -4.35. The van der Waals surface area contributed by atoms with E-state index in [4.69, 9.17) is 11.6 Å². The highest BCUT2D eigenvalue weighted by Gasteiger charge is 2.06. The first-order chi connectivity index (χ1) is 6.47. The first-order valence-electron chi connectivity index (χ1n) is 3.78. The molecule has 1 aromatic carbocycles. The van der Waals surface area contributed by atoms with E-state index in [0.29, 0.717) is 5.02 Å². The molecule has 0 N–H and O–H groups in total. The van der Waals surface area contributed by atoms with Crippen LogP contribution in [0.5, 0.6) is 0 Å². The van der Waals surface area contributed by atoms with Crippen LogP contribution in [0.4, 0.5) is 3.89 Å². The molecule has 0 spiro atoms. The summed E-state index contributed by atoms with van der Waals surface area (Å²) in [5.41, 5.74) is 0. The number of hydrogen-bond donors (Lipinski definition) is 0. The van der Waals surface area contributed by atoms with Crippen LogP contribution in [0.2, 0.25) is 5.02 Å². The molecular weight excluding hydrogens is 247 g/mol. The summed E-state index contributed by atoms with van der Waals surface area (Å²) in [5.74, 6) is -0.249. The van der Waals surface area contributed by atoms with Gasteiger partial charge in [-0.05, 0) is 24.3 Å². The Morgan fingerprint density at radius 1 is 1.29 bits per heavy atom. The predicted molar refractivity (Wildman–Crippen MR) is 57.1 cm³/mol. The summed E-state index contributed by atoms with van der Waals surface area (Å²) in [6.07, 6.45) is 0. The fraction of sp³-hybridized carbons (Fsp3) is 0.250. The van der Waals surface area contributed by atoms with Crippen molar-refractivity contribution < 1.29 is 12.3 Å². The van der Waals surface area contributed by atoms with Gasteiger partial charge < -0.3 is 0 Å². The number of rotatable bonds is 4. The molecule has 0 heterocycles. The standard InChI is InChI=1S/C8H8ClFO2S2/c9-7-1-3-8(4-2-7)13-5-6-14(10,11)12/h1-4H,5-6H2. The number of thioether (sulfide) groups is 1. The van der Waals surface area contributed by atoms with E-state index >= 15 is 0 Å². The quantitative estimate of drug-likeness (QED) is 0.612. The van der Waals surface area contributed by atoms with Gasteiger partial charge in [0.05, 0.1) is 5.75 Å². The van der Waals surface area contributed by atoms with Crippen LogP contribution in [-0.2, 0) is 10.2 Å². The van der Waals surface area contributed by atoms with Crippen LogP contribution < -0.4 is 0 Å². The monoisotopic (exact) mass is 254 g/mol. The molecule has 0 aliphatic heterocycles. The van der Waals surface area contributed by atoms with Crippen LogP contribution in [0.3, 0.4) is 0 Å². The minimum absolute atomic E-state index is 0.209. The third-order valence-corrected chi connectivity index (χ3v) is 3.63. The smallest absolute Gasteiger partial charge is 0.195 e. The van der Waals surface area contributed by atoms with E-state index in [-0.39, 0.29) is 5.75 Å².